The van der Waals surface area contributed by atoms with Gasteiger partial charge < -0.3 is 0 Å². The molecule has 0 aliphatic heterocycles. The molecule has 0 aromatic heterocycles. The van der Waals surface area contributed by atoms with Crippen LogP contribution < -0.4 is 0 Å². The molecule has 15 heavy (non-hydrogen) atoms. The summed E-state index contributed by atoms with van der Waals surface area (Å²) in [6.07, 6.45) is 9.74. The van der Waals surface area contributed by atoms with Gasteiger partial charge in [-0.15, -0.1) is 0 Å². The zero-order chi connectivity index (χ0) is 10.9. The molecule has 2 saturated carbocycles. The van der Waals surface area contributed by atoms with Crippen LogP contribution in [-0.4, -0.2) is 0 Å². The van der Waals surface area contributed by atoms with Gasteiger partial charge in [0.15, 0.2) is 0 Å². The molecule has 0 spiro atoms. The van der Waals surface area contributed by atoms with Crippen LogP contribution in [0.15, 0.2) is 11.6 Å². The molecule has 0 aromatic carbocycles. The van der Waals surface area contributed by atoms with E-state index in [1.165, 1.54) is 32.1 Å². The van der Waals surface area contributed by atoms with Crippen LogP contribution in [0.4, 0.5) is 0 Å². The van der Waals surface area contributed by atoms with Crippen molar-refractivity contribution in [2.45, 2.75) is 59.8 Å². The fourth-order valence-corrected chi connectivity index (χ4v) is 5.32. The third-order valence-electron chi connectivity index (χ3n) is 6.81. The maximum absolute atomic E-state index is 2.59. The Morgan fingerprint density at radius 2 is 1.93 bits per heavy atom. The summed E-state index contributed by atoms with van der Waals surface area (Å²) >= 11 is 0. The van der Waals surface area contributed by atoms with E-state index in [4.69, 9.17) is 0 Å². The quantitative estimate of drug-likeness (QED) is 0.507. The Hall–Kier alpha value is -0.260. The maximum atomic E-state index is 2.59. The fourth-order valence-electron chi connectivity index (χ4n) is 5.32. The van der Waals surface area contributed by atoms with Gasteiger partial charge in [-0.1, -0.05) is 38.8 Å². The highest BCUT2D eigenvalue weighted by molar-refractivity contribution is 5.28. The van der Waals surface area contributed by atoms with Gasteiger partial charge in [-0.05, 0) is 54.8 Å². The molecule has 3 rings (SSSR count). The summed E-state index contributed by atoms with van der Waals surface area (Å²) in [7, 11) is 0. The summed E-state index contributed by atoms with van der Waals surface area (Å²) in [5.74, 6) is 0.892. The molecule has 84 valence electrons. The van der Waals surface area contributed by atoms with Crippen molar-refractivity contribution >= 4 is 0 Å². The van der Waals surface area contributed by atoms with E-state index in [1.807, 2.05) is 0 Å². The van der Waals surface area contributed by atoms with Crippen molar-refractivity contribution in [2.24, 2.45) is 22.2 Å². The Morgan fingerprint density at radius 3 is 2.67 bits per heavy atom. The number of fused-ring (bicyclic) bond motifs is 5. The van der Waals surface area contributed by atoms with Gasteiger partial charge in [-0.25, -0.2) is 0 Å². The van der Waals surface area contributed by atoms with E-state index in [1.54, 1.807) is 5.57 Å². The fraction of sp³-hybridized carbons (Fsp3) is 0.867. The van der Waals surface area contributed by atoms with Crippen LogP contribution in [0.5, 0.6) is 0 Å². The molecule has 0 heterocycles. The van der Waals surface area contributed by atoms with Crippen LogP contribution in [0.1, 0.15) is 59.8 Å². The van der Waals surface area contributed by atoms with Crippen LogP contribution in [0, 0.1) is 22.2 Å². The van der Waals surface area contributed by atoms with Crippen LogP contribution in [0.25, 0.3) is 0 Å². The molecule has 3 aliphatic rings. The Labute approximate surface area is 94.1 Å². The van der Waals surface area contributed by atoms with Crippen molar-refractivity contribution in [2.75, 3.05) is 0 Å². The van der Waals surface area contributed by atoms with Gasteiger partial charge in [0.05, 0.1) is 0 Å². The zero-order valence-electron chi connectivity index (χ0n) is 10.7. The molecule has 0 amide bonds. The van der Waals surface area contributed by atoms with Crippen molar-refractivity contribution in [1.29, 1.82) is 0 Å². The van der Waals surface area contributed by atoms with E-state index in [0.717, 1.165) is 5.92 Å². The highest BCUT2D eigenvalue weighted by Crippen LogP contribution is 2.75. The zero-order valence-corrected chi connectivity index (χ0v) is 10.7. The minimum absolute atomic E-state index is 0.600. The van der Waals surface area contributed by atoms with Crippen LogP contribution in [-0.2, 0) is 0 Å². The normalized spacial score (nSPS) is 57.9. The second-order valence-corrected chi connectivity index (χ2v) is 7.07. The van der Waals surface area contributed by atoms with Gasteiger partial charge in [0.1, 0.15) is 0 Å². The molecular weight excluding hydrogens is 180 g/mol. The molecule has 0 nitrogen and oxygen atoms in total. The lowest BCUT2D eigenvalue weighted by Crippen LogP contribution is -2.38. The Bertz CT molecular complexity index is 340. The highest BCUT2D eigenvalue weighted by atomic mass is 14.7. The molecular formula is C15H24. The standard InChI is InChI=1S/C15H24/c1-11-6-9-13(2)10-12(11)14(3)7-5-8-15(13,14)4/h6,12H,5,7-10H2,1-4H3/t12-,13-,14+,15+/m1/s1. The van der Waals surface area contributed by atoms with Crippen molar-refractivity contribution in [3.63, 3.8) is 0 Å². The summed E-state index contributed by atoms with van der Waals surface area (Å²) in [6.45, 7) is 10.1. The monoisotopic (exact) mass is 204 g/mol. The molecule has 0 N–H and O–H groups in total. The third-order valence-corrected chi connectivity index (χ3v) is 6.81. The van der Waals surface area contributed by atoms with Gasteiger partial charge in [-0.2, -0.15) is 0 Å². The molecule has 4 atom stereocenters. The van der Waals surface area contributed by atoms with Gasteiger partial charge in [0.25, 0.3) is 0 Å². The minimum atomic E-state index is 0.600. The van der Waals surface area contributed by atoms with E-state index >= 15 is 0 Å². The molecule has 0 unspecified atom stereocenters. The minimum Gasteiger partial charge on any atom is -0.0847 e. The first-order valence-corrected chi connectivity index (χ1v) is 6.60. The van der Waals surface area contributed by atoms with Crippen molar-refractivity contribution in [3.8, 4) is 0 Å². The van der Waals surface area contributed by atoms with E-state index in [-0.39, 0.29) is 0 Å². The summed E-state index contributed by atoms with van der Waals surface area (Å²) < 4.78 is 0. The maximum Gasteiger partial charge on any atom is -0.0141 e. The predicted octanol–water partition coefficient (Wildman–Crippen LogP) is 4.56. The van der Waals surface area contributed by atoms with Crippen LogP contribution in [0.2, 0.25) is 0 Å². The summed E-state index contributed by atoms with van der Waals surface area (Å²) in [5, 5.41) is 0. The first kappa shape index (κ1) is 9.93. The first-order valence-electron chi connectivity index (χ1n) is 6.60. The van der Waals surface area contributed by atoms with Gasteiger partial charge in [-0.3, -0.25) is 0 Å². The molecule has 2 fully saturated rings. The van der Waals surface area contributed by atoms with Crippen LogP contribution in [0.3, 0.4) is 0 Å². The largest absolute Gasteiger partial charge is 0.0847 e. The van der Waals surface area contributed by atoms with Gasteiger partial charge in [0, 0.05) is 0 Å². The summed E-state index contributed by atoms with van der Waals surface area (Å²) in [4.78, 5) is 0. The lowest BCUT2D eigenvalue weighted by molar-refractivity contribution is 0.0355. The Balaban J connectivity index is 2.18. The molecule has 0 heteroatoms. The average molecular weight is 204 g/mol. The second kappa shape index (κ2) is 2.52. The van der Waals surface area contributed by atoms with E-state index in [9.17, 15) is 0 Å². The number of allylic oxidation sites excluding steroid dienone is 2. The van der Waals surface area contributed by atoms with Crippen molar-refractivity contribution < 1.29 is 0 Å². The topological polar surface area (TPSA) is 0 Å². The van der Waals surface area contributed by atoms with E-state index < -0.39 is 0 Å². The summed E-state index contributed by atoms with van der Waals surface area (Å²) in [5.41, 5.74) is 3.51. The average Bonchev–Trinajstić information content (AvgIpc) is 2.55. The van der Waals surface area contributed by atoms with Gasteiger partial charge in [0.2, 0.25) is 0 Å². The molecule has 2 bridgehead atoms. The molecule has 0 saturated heterocycles. The molecule has 3 aliphatic carbocycles. The second-order valence-electron chi connectivity index (χ2n) is 7.07. The third kappa shape index (κ3) is 0.867. The molecule has 0 radical (unpaired) electrons. The summed E-state index contributed by atoms with van der Waals surface area (Å²) in [6, 6.07) is 0. The van der Waals surface area contributed by atoms with E-state index in [2.05, 4.69) is 33.8 Å². The van der Waals surface area contributed by atoms with Crippen LogP contribution >= 0.6 is 0 Å². The Morgan fingerprint density at radius 1 is 1.20 bits per heavy atom. The molecule has 0 aromatic rings. The number of hydrogen-bond donors (Lipinski definition) is 0. The lowest BCUT2D eigenvalue weighted by atomic mass is 9.59. The van der Waals surface area contributed by atoms with Gasteiger partial charge >= 0.3 is 0 Å². The van der Waals surface area contributed by atoms with Crippen molar-refractivity contribution in [3.05, 3.63) is 11.6 Å². The highest BCUT2D eigenvalue weighted by Gasteiger charge is 2.67. The predicted molar refractivity (Wildman–Crippen MR) is 64.7 cm³/mol. The number of hydrogen-bond acceptors (Lipinski definition) is 0. The SMILES string of the molecule is CC1=CC[C@]2(C)C[C@H]1[C@]1(C)CCC[C@@]21C. The van der Waals surface area contributed by atoms with E-state index in [0.29, 0.717) is 16.2 Å². The Kier molecular flexibility index (Phi) is 1.67. The lowest BCUT2D eigenvalue weighted by Gasteiger charge is -2.45. The number of rotatable bonds is 0. The first-order chi connectivity index (χ1) is 6.93. The smallest absolute Gasteiger partial charge is 0.0141 e. The van der Waals surface area contributed by atoms with Crippen molar-refractivity contribution in [1.82, 2.24) is 0 Å².